The maximum atomic E-state index is 12.6. The highest BCUT2D eigenvalue weighted by molar-refractivity contribution is 7.89. The van der Waals surface area contributed by atoms with E-state index in [0.29, 0.717) is 6.61 Å². The minimum Gasteiger partial charge on any atom is -0.377 e. The fraction of sp³-hybridized carbons (Fsp3) is 0.455. The summed E-state index contributed by atoms with van der Waals surface area (Å²) in [5, 5.41) is 0. The Hall–Kier alpha value is -0.980. The highest BCUT2D eigenvalue weighted by Gasteiger charge is 2.12. The molecule has 0 aliphatic rings. The molecule has 96 valence electrons. The molecular formula is C11H16FNO3S. The first-order chi connectivity index (χ1) is 7.92. The van der Waals surface area contributed by atoms with Gasteiger partial charge in [-0.25, -0.2) is 17.5 Å². The molecule has 0 aliphatic heterocycles. The number of rotatable bonds is 6. The van der Waals surface area contributed by atoms with Crippen LogP contribution in [0.2, 0.25) is 0 Å². The topological polar surface area (TPSA) is 55.4 Å². The molecule has 1 aromatic rings. The van der Waals surface area contributed by atoms with E-state index in [0.717, 1.165) is 12.1 Å². The van der Waals surface area contributed by atoms with Gasteiger partial charge in [-0.15, -0.1) is 0 Å². The lowest BCUT2D eigenvalue weighted by atomic mass is 10.4. The van der Waals surface area contributed by atoms with Crippen LogP contribution in [0, 0.1) is 5.82 Å². The normalized spacial score (nSPS) is 12.0. The van der Waals surface area contributed by atoms with Crippen molar-refractivity contribution < 1.29 is 17.5 Å². The summed E-state index contributed by atoms with van der Waals surface area (Å²) in [5.41, 5.74) is 0. The molecule has 0 spiro atoms. The van der Waals surface area contributed by atoms with E-state index in [9.17, 15) is 12.8 Å². The minimum atomic E-state index is -3.57. The first-order valence-electron chi connectivity index (χ1n) is 5.28. The Bertz CT molecular complexity index is 442. The first kappa shape index (κ1) is 14.1. The van der Waals surface area contributed by atoms with Crippen LogP contribution in [0.1, 0.15) is 13.8 Å². The third-order valence-electron chi connectivity index (χ3n) is 1.97. The Balaban J connectivity index is 2.54. The number of halogens is 1. The van der Waals surface area contributed by atoms with Crippen molar-refractivity contribution in [3.63, 3.8) is 0 Å². The van der Waals surface area contributed by atoms with E-state index in [4.69, 9.17) is 4.74 Å². The van der Waals surface area contributed by atoms with Crippen LogP contribution in [0.15, 0.2) is 29.2 Å². The summed E-state index contributed by atoms with van der Waals surface area (Å²) < 4.78 is 43.6. The third kappa shape index (κ3) is 4.80. The lowest BCUT2D eigenvalue weighted by Crippen LogP contribution is -2.28. The van der Waals surface area contributed by atoms with Crippen molar-refractivity contribution in [3.05, 3.63) is 30.1 Å². The molecule has 0 fully saturated rings. The van der Waals surface area contributed by atoms with Crippen molar-refractivity contribution in [2.75, 3.05) is 13.2 Å². The summed E-state index contributed by atoms with van der Waals surface area (Å²) in [6.45, 7) is 4.24. The molecule has 0 saturated carbocycles. The molecule has 1 N–H and O–H groups in total. The van der Waals surface area contributed by atoms with Gasteiger partial charge in [0.15, 0.2) is 0 Å². The van der Waals surface area contributed by atoms with Gasteiger partial charge in [0.25, 0.3) is 0 Å². The summed E-state index contributed by atoms with van der Waals surface area (Å²) in [4.78, 5) is 0.0449. The maximum absolute atomic E-state index is 12.6. The number of ether oxygens (including phenoxy) is 1. The van der Waals surface area contributed by atoms with Crippen LogP contribution in [0.4, 0.5) is 4.39 Å². The number of hydrogen-bond donors (Lipinski definition) is 1. The lowest BCUT2D eigenvalue weighted by Gasteiger charge is -2.09. The number of sulfonamides is 1. The predicted molar refractivity (Wildman–Crippen MR) is 62.7 cm³/mol. The number of nitrogens with one attached hydrogen (secondary N) is 1. The van der Waals surface area contributed by atoms with E-state index in [1.807, 2.05) is 13.8 Å². The van der Waals surface area contributed by atoms with Crippen molar-refractivity contribution in [1.29, 1.82) is 0 Å². The lowest BCUT2D eigenvalue weighted by molar-refractivity contribution is 0.0834. The standard InChI is InChI=1S/C11H16FNO3S/c1-9(2)16-8-7-13-17(14,15)11-5-3-10(12)4-6-11/h3-6,9,13H,7-8H2,1-2H3. The molecule has 6 heteroatoms. The summed E-state index contributed by atoms with van der Waals surface area (Å²) in [5.74, 6) is -0.466. The predicted octanol–water partition coefficient (Wildman–Crippen LogP) is 1.53. The van der Waals surface area contributed by atoms with Crippen LogP contribution in [0.5, 0.6) is 0 Å². The van der Waals surface area contributed by atoms with Gasteiger partial charge in [-0.05, 0) is 38.1 Å². The van der Waals surface area contributed by atoms with Gasteiger partial charge in [0.2, 0.25) is 10.0 Å². The van der Waals surface area contributed by atoms with Gasteiger partial charge in [0.05, 0.1) is 17.6 Å². The smallest absolute Gasteiger partial charge is 0.240 e. The molecule has 0 aliphatic carbocycles. The zero-order valence-electron chi connectivity index (χ0n) is 9.81. The Labute approximate surface area is 101 Å². The molecule has 0 bridgehead atoms. The van der Waals surface area contributed by atoms with Crippen molar-refractivity contribution in [2.24, 2.45) is 0 Å². The van der Waals surface area contributed by atoms with Gasteiger partial charge in [-0.1, -0.05) is 0 Å². The van der Waals surface area contributed by atoms with Crippen LogP contribution in [-0.4, -0.2) is 27.7 Å². The average molecular weight is 261 g/mol. The van der Waals surface area contributed by atoms with Crippen LogP contribution in [-0.2, 0) is 14.8 Å². The molecule has 0 aromatic heterocycles. The largest absolute Gasteiger partial charge is 0.377 e. The van der Waals surface area contributed by atoms with Crippen molar-refractivity contribution in [3.8, 4) is 0 Å². The minimum absolute atomic E-state index is 0.0449. The molecule has 0 amide bonds. The molecule has 17 heavy (non-hydrogen) atoms. The summed E-state index contributed by atoms with van der Waals surface area (Å²) in [7, 11) is -3.57. The third-order valence-corrected chi connectivity index (χ3v) is 3.45. The van der Waals surface area contributed by atoms with Gasteiger partial charge < -0.3 is 4.74 Å². The Morgan fingerprint density at radius 1 is 1.29 bits per heavy atom. The average Bonchev–Trinajstić information content (AvgIpc) is 2.25. The molecule has 0 heterocycles. The Morgan fingerprint density at radius 2 is 1.88 bits per heavy atom. The molecule has 1 rings (SSSR count). The number of hydrogen-bond acceptors (Lipinski definition) is 3. The number of benzene rings is 1. The zero-order valence-corrected chi connectivity index (χ0v) is 10.6. The highest BCUT2D eigenvalue weighted by atomic mass is 32.2. The van der Waals surface area contributed by atoms with Gasteiger partial charge in [-0.3, -0.25) is 0 Å². The van der Waals surface area contributed by atoms with E-state index in [-0.39, 0.29) is 17.5 Å². The van der Waals surface area contributed by atoms with Crippen LogP contribution in [0.25, 0.3) is 0 Å². The molecule has 4 nitrogen and oxygen atoms in total. The second-order valence-electron chi connectivity index (χ2n) is 3.77. The summed E-state index contributed by atoms with van der Waals surface area (Å²) >= 11 is 0. The first-order valence-corrected chi connectivity index (χ1v) is 6.77. The van der Waals surface area contributed by atoms with E-state index in [1.54, 1.807) is 0 Å². The Morgan fingerprint density at radius 3 is 2.41 bits per heavy atom. The van der Waals surface area contributed by atoms with E-state index >= 15 is 0 Å². The molecule has 0 saturated heterocycles. The van der Waals surface area contributed by atoms with E-state index in [2.05, 4.69) is 4.72 Å². The van der Waals surface area contributed by atoms with E-state index < -0.39 is 15.8 Å². The van der Waals surface area contributed by atoms with Crippen molar-refractivity contribution in [2.45, 2.75) is 24.8 Å². The fourth-order valence-corrected chi connectivity index (χ4v) is 2.18. The molecular weight excluding hydrogens is 245 g/mol. The van der Waals surface area contributed by atoms with E-state index in [1.165, 1.54) is 12.1 Å². The highest BCUT2D eigenvalue weighted by Crippen LogP contribution is 2.09. The summed E-state index contributed by atoms with van der Waals surface area (Å²) in [6.07, 6.45) is 0.0605. The van der Waals surface area contributed by atoms with Crippen LogP contribution >= 0.6 is 0 Å². The van der Waals surface area contributed by atoms with Gasteiger partial charge in [0, 0.05) is 6.54 Å². The SMILES string of the molecule is CC(C)OCCNS(=O)(=O)c1ccc(F)cc1. The Kier molecular flexibility index (Phi) is 5.04. The summed E-state index contributed by atoms with van der Waals surface area (Å²) in [6, 6.07) is 4.67. The van der Waals surface area contributed by atoms with Gasteiger partial charge >= 0.3 is 0 Å². The zero-order chi connectivity index (χ0) is 12.9. The quantitative estimate of drug-likeness (QED) is 0.790. The second kappa shape index (κ2) is 6.09. The van der Waals surface area contributed by atoms with Crippen LogP contribution in [0.3, 0.4) is 0 Å². The van der Waals surface area contributed by atoms with Crippen molar-refractivity contribution >= 4 is 10.0 Å². The molecule has 0 atom stereocenters. The van der Waals surface area contributed by atoms with Gasteiger partial charge in [0.1, 0.15) is 5.82 Å². The molecule has 0 radical (unpaired) electrons. The van der Waals surface area contributed by atoms with Gasteiger partial charge in [-0.2, -0.15) is 0 Å². The fourth-order valence-electron chi connectivity index (χ4n) is 1.17. The molecule has 0 unspecified atom stereocenters. The monoisotopic (exact) mass is 261 g/mol. The second-order valence-corrected chi connectivity index (χ2v) is 5.54. The molecule has 1 aromatic carbocycles. The van der Waals surface area contributed by atoms with Crippen LogP contribution < -0.4 is 4.72 Å². The maximum Gasteiger partial charge on any atom is 0.240 e. The van der Waals surface area contributed by atoms with Crippen molar-refractivity contribution in [1.82, 2.24) is 4.72 Å².